The third-order valence-corrected chi connectivity index (χ3v) is 3.05. The average Bonchev–Trinajstić information content (AvgIpc) is 2.91. The average molecular weight is 229 g/mol. The highest BCUT2D eigenvalue weighted by Crippen LogP contribution is 2.17. The van der Waals surface area contributed by atoms with Gasteiger partial charge in [-0.3, -0.25) is 4.90 Å². The Labute approximate surface area is 101 Å². The van der Waals surface area contributed by atoms with Gasteiger partial charge in [0.1, 0.15) is 0 Å². The third kappa shape index (κ3) is 2.39. The number of urea groups is 1. The quantitative estimate of drug-likeness (QED) is 0.741. The summed E-state index contributed by atoms with van der Waals surface area (Å²) in [4.78, 5) is 15.6. The van der Waals surface area contributed by atoms with Crippen molar-refractivity contribution >= 4 is 11.7 Å². The second-order valence-electron chi connectivity index (χ2n) is 4.19. The number of amides is 2. The number of carbonyl (C=O) groups is 1. The number of anilines is 1. The number of rotatable bonds is 1. The molecule has 2 amide bonds. The normalized spacial score (nSPS) is 14.5. The van der Waals surface area contributed by atoms with Gasteiger partial charge in [0.05, 0.1) is 11.6 Å². The first-order chi connectivity index (χ1) is 8.22. The van der Waals surface area contributed by atoms with Crippen LogP contribution in [0.15, 0.2) is 24.3 Å². The Bertz CT molecular complexity index is 441. The smallest absolute Gasteiger partial charge is 0.324 e. The van der Waals surface area contributed by atoms with Crippen LogP contribution in [0.25, 0.3) is 0 Å². The van der Waals surface area contributed by atoms with Crippen LogP contribution in [0.4, 0.5) is 10.5 Å². The summed E-state index contributed by atoms with van der Waals surface area (Å²) in [5, 5.41) is 8.71. The molecule has 4 heteroatoms. The van der Waals surface area contributed by atoms with E-state index in [4.69, 9.17) is 5.26 Å². The molecule has 2 rings (SSSR count). The lowest BCUT2D eigenvalue weighted by Crippen LogP contribution is -2.39. The van der Waals surface area contributed by atoms with Crippen molar-refractivity contribution in [2.75, 3.05) is 25.0 Å². The van der Waals surface area contributed by atoms with E-state index in [9.17, 15) is 4.79 Å². The van der Waals surface area contributed by atoms with Gasteiger partial charge >= 0.3 is 6.03 Å². The minimum absolute atomic E-state index is 0.0345. The van der Waals surface area contributed by atoms with Crippen LogP contribution < -0.4 is 4.90 Å². The van der Waals surface area contributed by atoms with E-state index in [2.05, 4.69) is 6.07 Å². The van der Waals surface area contributed by atoms with E-state index in [-0.39, 0.29) is 6.03 Å². The minimum atomic E-state index is 0.0345. The van der Waals surface area contributed by atoms with Gasteiger partial charge in [-0.25, -0.2) is 4.79 Å². The molecule has 1 saturated heterocycles. The van der Waals surface area contributed by atoms with Gasteiger partial charge in [0.25, 0.3) is 0 Å². The lowest BCUT2D eigenvalue weighted by Gasteiger charge is -2.24. The number of benzene rings is 1. The predicted octanol–water partition coefficient (Wildman–Crippen LogP) is 2.21. The van der Waals surface area contributed by atoms with E-state index >= 15 is 0 Å². The lowest BCUT2D eigenvalue weighted by atomic mass is 10.2. The Hall–Kier alpha value is -2.02. The molecule has 1 aromatic rings. The van der Waals surface area contributed by atoms with Gasteiger partial charge in [-0.1, -0.05) is 0 Å². The Morgan fingerprint density at radius 2 is 1.88 bits per heavy atom. The number of likely N-dealkylation sites (tertiary alicyclic amines) is 1. The van der Waals surface area contributed by atoms with Gasteiger partial charge < -0.3 is 4.90 Å². The van der Waals surface area contributed by atoms with Crippen molar-refractivity contribution in [3.63, 3.8) is 0 Å². The molecule has 0 atom stereocenters. The third-order valence-electron chi connectivity index (χ3n) is 3.05. The Morgan fingerprint density at radius 1 is 1.29 bits per heavy atom. The molecule has 1 aliphatic rings. The van der Waals surface area contributed by atoms with Gasteiger partial charge in [0, 0.05) is 25.8 Å². The zero-order valence-corrected chi connectivity index (χ0v) is 9.89. The first-order valence-electron chi connectivity index (χ1n) is 5.75. The molecule has 0 unspecified atom stereocenters. The van der Waals surface area contributed by atoms with Crippen molar-refractivity contribution in [1.82, 2.24) is 4.90 Å². The van der Waals surface area contributed by atoms with E-state index in [1.165, 1.54) is 0 Å². The molecule has 0 spiro atoms. The first kappa shape index (κ1) is 11.5. The van der Waals surface area contributed by atoms with Gasteiger partial charge in [-0.15, -0.1) is 0 Å². The highest BCUT2D eigenvalue weighted by Gasteiger charge is 2.21. The zero-order chi connectivity index (χ0) is 12.3. The lowest BCUT2D eigenvalue weighted by molar-refractivity contribution is 0.217. The summed E-state index contributed by atoms with van der Waals surface area (Å²) in [6, 6.07) is 9.14. The Balaban J connectivity index is 2.10. The molecule has 0 aromatic heterocycles. The summed E-state index contributed by atoms with van der Waals surface area (Å²) < 4.78 is 0. The molecule has 88 valence electrons. The fourth-order valence-corrected chi connectivity index (χ4v) is 1.99. The van der Waals surface area contributed by atoms with Crippen LogP contribution in [0, 0.1) is 11.3 Å². The summed E-state index contributed by atoms with van der Waals surface area (Å²) in [5.74, 6) is 0. The van der Waals surface area contributed by atoms with Crippen molar-refractivity contribution in [3.05, 3.63) is 29.8 Å². The molecule has 0 saturated carbocycles. The number of nitriles is 1. The monoisotopic (exact) mass is 229 g/mol. The molecule has 1 aromatic carbocycles. The summed E-state index contributed by atoms with van der Waals surface area (Å²) in [7, 11) is 1.77. The number of nitrogens with zero attached hydrogens (tertiary/aromatic N) is 3. The Kier molecular flexibility index (Phi) is 3.29. The van der Waals surface area contributed by atoms with Crippen LogP contribution in [0.5, 0.6) is 0 Å². The highest BCUT2D eigenvalue weighted by atomic mass is 16.2. The fourth-order valence-electron chi connectivity index (χ4n) is 1.99. The van der Waals surface area contributed by atoms with E-state index < -0.39 is 0 Å². The maximum atomic E-state index is 12.1. The molecule has 1 fully saturated rings. The van der Waals surface area contributed by atoms with Gasteiger partial charge in [-0.05, 0) is 37.1 Å². The van der Waals surface area contributed by atoms with Crippen molar-refractivity contribution in [2.24, 2.45) is 0 Å². The molecule has 0 aliphatic carbocycles. The van der Waals surface area contributed by atoms with Gasteiger partial charge in [0.2, 0.25) is 0 Å². The minimum Gasteiger partial charge on any atom is -0.324 e. The van der Waals surface area contributed by atoms with Crippen molar-refractivity contribution in [3.8, 4) is 6.07 Å². The van der Waals surface area contributed by atoms with Crippen molar-refractivity contribution in [2.45, 2.75) is 12.8 Å². The maximum Gasteiger partial charge on any atom is 0.324 e. The SMILES string of the molecule is CN(C(=O)N1CCCC1)c1ccc(C#N)cc1. The highest BCUT2D eigenvalue weighted by molar-refractivity contribution is 5.91. The van der Waals surface area contributed by atoms with Gasteiger partial charge in [-0.2, -0.15) is 5.26 Å². The molecule has 17 heavy (non-hydrogen) atoms. The predicted molar refractivity (Wildman–Crippen MR) is 65.8 cm³/mol. The molecule has 1 heterocycles. The van der Waals surface area contributed by atoms with E-state index in [1.54, 1.807) is 36.2 Å². The maximum absolute atomic E-state index is 12.1. The molecule has 0 bridgehead atoms. The van der Waals surface area contributed by atoms with Crippen LogP contribution in [0.3, 0.4) is 0 Å². The van der Waals surface area contributed by atoms with Crippen molar-refractivity contribution in [1.29, 1.82) is 5.26 Å². The largest absolute Gasteiger partial charge is 0.324 e. The Morgan fingerprint density at radius 3 is 2.41 bits per heavy atom. The van der Waals surface area contributed by atoms with Crippen LogP contribution in [0.2, 0.25) is 0 Å². The fraction of sp³-hybridized carbons (Fsp3) is 0.385. The molecular formula is C13H15N3O. The molecular weight excluding hydrogens is 214 g/mol. The van der Waals surface area contributed by atoms with Crippen LogP contribution in [0.1, 0.15) is 18.4 Å². The second kappa shape index (κ2) is 4.88. The number of hydrogen-bond acceptors (Lipinski definition) is 2. The first-order valence-corrected chi connectivity index (χ1v) is 5.75. The molecule has 0 N–H and O–H groups in total. The van der Waals surface area contributed by atoms with Crippen LogP contribution in [-0.2, 0) is 0 Å². The molecule has 0 radical (unpaired) electrons. The van der Waals surface area contributed by atoms with Crippen LogP contribution >= 0.6 is 0 Å². The second-order valence-corrected chi connectivity index (χ2v) is 4.19. The molecule has 4 nitrogen and oxygen atoms in total. The topological polar surface area (TPSA) is 47.3 Å². The number of carbonyl (C=O) groups excluding carboxylic acids is 1. The van der Waals surface area contributed by atoms with Crippen molar-refractivity contribution < 1.29 is 4.79 Å². The molecule has 1 aliphatic heterocycles. The summed E-state index contributed by atoms with van der Waals surface area (Å²) in [6.45, 7) is 1.69. The van der Waals surface area contributed by atoms with E-state index in [0.717, 1.165) is 31.6 Å². The zero-order valence-electron chi connectivity index (χ0n) is 9.89. The van der Waals surface area contributed by atoms with E-state index in [1.807, 2.05) is 4.90 Å². The summed E-state index contributed by atoms with van der Waals surface area (Å²) in [5.41, 5.74) is 1.43. The number of hydrogen-bond donors (Lipinski definition) is 0. The summed E-state index contributed by atoms with van der Waals surface area (Å²) in [6.07, 6.45) is 2.18. The van der Waals surface area contributed by atoms with E-state index in [0.29, 0.717) is 5.56 Å². The summed E-state index contributed by atoms with van der Waals surface area (Å²) >= 11 is 0. The van der Waals surface area contributed by atoms with Crippen LogP contribution in [-0.4, -0.2) is 31.1 Å². The standard InChI is InChI=1S/C13H15N3O/c1-15(13(17)16-8-2-3-9-16)12-6-4-11(10-14)5-7-12/h4-7H,2-3,8-9H2,1H3. The van der Waals surface area contributed by atoms with Gasteiger partial charge in [0.15, 0.2) is 0 Å².